The van der Waals surface area contributed by atoms with Gasteiger partial charge in [-0.3, -0.25) is 33.5 Å². The SMILES string of the molecule is CCc1c(F)ccc2cc(O)cc(-c3ncc4c(N5CCC[C@@](C)(O)C5)nc(OCC56CCC[N+]5(COC(=O)N5CCC7(CCC(CN8CCC(c9ccc%10c(c9)n(C)c(=O)n%10C9CCC(=O)NC9=O)CC8)CC7)CC5)CCC6)nc4c3F)c12. The highest BCUT2D eigenvalue weighted by atomic mass is 19.1. The highest BCUT2D eigenvalue weighted by molar-refractivity contribution is 6.02. The van der Waals surface area contributed by atoms with Crippen LogP contribution >= 0.6 is 0 Å². The number of pyridine rings is 1. The lowest BCUT2D eigenvalue weighted by atomic mass is 9.65. The smallest absolute Gasteiger partial charge is 0.414 e. The number of halogens is 2. The van der Waals surface area contributed by atoms with E-state index in [0.717, 1.165) is 95.1 Å². The number of β-amino-alcohol motifs (C(OH)–C–C–N with tert-alkyl or cyclic N) is 1. The molecule has 6 aromatic rings. The number of hydrogen-bond acceptors (Lipinski definition) is 13. The number of imide groups is 1. The van der Waals surface area contributed by atoms with Crippen LogP contribution in [-0.4, -0.2) is 150 Å². The number of aryl methyl sites for hydroxylation is 2. The molecule has 20 heteroatoms. The number of rotatable bonds is 12. The summed E-state index contributed by atoms with van der Waals surface area (Å²) in [6.07, 6.45) is 15.8. The molecule has 0 bridgehead atoms. The van der Waals surface area contributed by atoms with Gasteiger partial charge in [-0.1, -0.05) is 19.1 Å². The van der Waals surface area contributed by atoms with Crippen molar-refractivity contribution < 1.29 is 47.3 Å². The Balaban J connectivity index is 0.626. The second-order valence-electron chi connectivity index (χ2n) is 26.3. The first-order valence-corrected chi connectivity index (χ1v) is 30.9. The number of aliphatic hydroxyl groups is 1. The van der Waals surface area contributed by atoms with E-state index in [1.807, 2.05) is 22.8 Å². The van der Waals surface area contributed by atoms with Gasteiger partial charge in [0.05, 0.1) is 35.1 Å². The van der Waals surface area contributed by atoms with E-state index in [9.17, 15) is 29.4 Å². The molecule has 84 heavy (non-hydrogen) atoms. The quantitative estimate of drug-likeness (QED) is 0.0776. The molecular weight excluding hydrogens is 1070 g/mol. The van der Waals surface area contributed by atoms with Crippen molar-refractivity contribution in [2.24, 2.45) is 18.4 Å². The highest BCUT2D eigenvalue weighted by Gasteiger charge is 2.60. The molecule has 1 saturated carbocycles. The summed E-state index contributed by atoms with van der Waals surface area (Å²) in [5.74, 6) is -0.572. The third kappa shape index (κ3) is 10.1. The number of imidazole rings is 1. The first kappa shape index (κ1) is 56.4. The number of phenolic OH excluding ortho intramolecular Hbond substituents is 1. The number of piperidine rings is 4. The second-order valence-corrected chi connectivity index (χ2v) is 26.3. The van der Waals surface area contributed by atoms with E-state index in [4.69, 9.17) is 19.4 Å². The van der Waals surface area contributed by atoms with E-state index in [2.05, 4.69) is 27.3 Å². The molecule has 1 aliphatic carbocycles. The molecule has 9 heterocycles. The molecule has 3 aromatic heterocycles. The Hall–Kier alpha value is -6.77. The van der Waals surface area contributed by atoms with Gasteiger partial charge in [-0.15, -0.1) is 0 Å². The number of ether oxygens (including phenoxy) is 2. The summed E-state index contributed by atoms with van der Waals surface area (Å²) in [4.78, 5) is 72.7. The molecule has 446 valence electrons. The van der Waals surface area contributed by atoms with Crippen LogP contribution in [-0.2, 0) is 27.8 Å². The van der Waals surface area contributed by atoms with Crippen LogP contribution in [0.1, 0.15) is 140 Å². The van der Waals surface area contributed by atoms with Crippen molar-refractivity contribution in [3.8, 4) is 23.0 Å². The topological polar surface area (TPSA) is 197 Å². The molecule has 0 radical (unpaired) electrons. The normalized spacial score (nSPS) is 26.2. The van der Waals surface area contributed by atoms with Gasteiger partial charge in [0, 0.05) is 83.6 Å². The Morgan fingerprint density at radius 1 is 0.869 bits per heavy atom. The molecule has 1 unspecified atom stereocenters. The predicted molar refractivity (Wildman–Crippen MR) is 314 cm³/mol. The van der Waals surface area contributed by atoms with Gasteiger partial charge in [-0.25, -0.2) is 18.4 Å². The zero-order valence-electron chi connectivity index (χ0n) is 48.8. The summed E-state index contributed by atoms with van der Waals surface area (Å²) in [6, 6.07) is 11.4. The maximum Gasteiger partial charge on any atom is 0.414 e. The van der Waals surface area contributed by atoms with Gasteiger partial charge in [0.2, 0.25) is 18.5 Å². The van der Waals surface area contributed by atoms with Crippen molar-refractivity contribution in [2.75, 3.05) is 77.1 Å². The van der Waals surface area contributed by atoms with Crippen LogP contribution in [0.4, 0.5) is 19.4 Å². The molecule has 7 aliphatic rings. The maximum atomic E-state index is 17.4. The van der Waals surface area contributed by atoms with Crippen molar-refractivity contribution in [3.05, 3.63) is 81.9 Å². The van der Waals surface area contributed by atoms with Crippen LogP contribution in [0.3, 0.4) is 0 Å². The number of hydrogen-bond donors (Lipinski definition) is 3. The first-order chi connectivity index (χ1) is 40.4. The zero-order valence-corrected chi connectivity index (χ0v) is 48.8. The molecule has 1 spiro atoms. The molecule has 18 nitrogen and oxygen atoms in total. The summed E-state index contributed by atoms with van der Waals surface area (Å²) in [6.45, 7) is 11.2. The average Bonchev–Trinajstić information content (AvgIpc) is 1.78. The van der Waals surface area contributed by atoms with Gasteiger partial charge in [-0.2, -0.15) is 9.97 Å². The number of carbonyl (C=O) groups excluding carboxylic acids is 3. The van der Waals surface area contributed by atoms with Crippen molar-refractivity contribution in [2.45, 2.75) is 146 Å². The van der Waals surface area contributed by atoms with E-state index in [1.165, 1.54) is 55.6 Å². The minimum absolute atomic E-state index is 0.00929. The van der Waals surface area contributed by atoms with Crippen molar-refractivity contribution >= 4 is 56.4 Å². The summed E-state index contributed by atoms with van der Waals surface area (Å²) < 4.78 is 49.4. The summed E-state index contributed by atoms with van der Waals surface area (Å²) in [5, 5.41) is 25.8. The standard InChI is InChI=1S/C64H78F2N10O8/c1-4-45-48(65)10-8-43-32-44(77)34-46(53(43)45)55-54(66)56-47(35-67-55)57(74-25-5-18-62(2,82)37-74)70-59(69-56)83-38-64-19-6-30-76(64,31-7-20-64)39-84-61(81)73-28-23-63(24-29-73)21-14-40(15-22-63)36-72-26-16-41(17-27-72)42-9-11-49-51(33-42)71(3)60(80)75(49)50-12-13-52(78)68-58(50)79/h8-11,32-35,40-41,50,82H,4-7,12-31,36-39H2,1-3H3,(H-,68,77,78,79)/p+1/t50?,62-,64?,76?/m1/s1. The third-order valence-corrected chi connectivity index (χ3v) is 21.2. The van der Waals surface area contributed by atoms with Crippen LogP contribution in [0.5, 0.6) is 11.8 Å². The number of carbonyl (C=O) groups is 3. The van der Waals surface area contributed by atoms with E-state index < -0.39 is 29.2 Å². The number of quaternary nitrogens is 1. The lowest BCUT2D eigenvalue weighted by Crippen LogP contribution is -2.61. The number of fused-ring (bicyclic) bond motifs is 4. The van der Waals surface area contributed by atoms with Crippen LogP contribution in [0, 0.1) is 23.0 Å². The Morgan fingerprint density at radius 3 is 2.36 bits per heavy atom. The summed E-state index contributed by atoms with van der Waals surface area (Å²) >= 11 is 0. The molecule has 7 fully saturated rings. The number of phenols is 1. The molecule has 6 aliphatic heterocycles. The first-order valence-electron chi connectivity index (χ1n) is 30.9. The van der Waals surface area contributed by atoms with Crippen LogP contribution < -0.4 is 20.6 Å². The number of anilines is 1. The van der Waals surface area contributed by atoms with Crippen molar-refractivity contribution in [1.29, 1.82) is 0 Å². The van der Waals surface area contributed by atoms with E-state index in [-0.39, 0.29) is 83.5 Å². The highest BCUT2D eigenvalue weighted by Crippen LogP contribution is 2.49. The fraction of sp³-hybridized carbons (Fsp3) is 0.578. The number of nitrogens with zero attached hydrogens (tertiary/aromatic N) is 9. The van der Waals surface area contributed by atoms with Crippen LogP contribution in [0.2, 0.25) is 0 Å². The number of aromatic nitrogens is 5. The fourth-order valence-corrected chi connectivity index (χ4v) is 16.4. The number of benzene rings is 3. The van der Waals surface area contributed by atoms with E-state index in [1.54, 1.807) is 29.2 Å². The molecule has 2 atom stereocenters. The van der Waals surface area contributed by atoms with Gasteiger partial charge in [-0.05, 0) is 167 Å². The number of amides is 3. The average molecular weight is 1150 g/mol. The Morgan fingerprint density at radius 2 is 1.63 bits per heavy atom. The lowest BCUT2D eigenvalue weighted by molar-refractivity contribution is -0.966. The van der Waals surface area contributed by atoms with Crippen molar-refractivity contribution in [1.82, 2.24) is 39.2 Å². The Bertz CT molecular complexity index is 3620. The molecule has 13 rings (SSSR count). The molecule has 3 amide bonds. The molecular formula is C64H79F2N10O8+. The number of likely N-dealkylation sites (tertiary alicyclic amines) is 2. The summed E-state index contributed by atoms with van der Waals surface area (Å²) in [7, 11) is 1.75. The molecule has 3 N–H and O–H groups in total. The minimum Gasteiger partial charge on any atom is -0.508 e. The monoisotopic (exact) mass is 1150 g/mol. The largest absolute Gasteiger partial charge is 0.508 e. The fourth-order valence-electron chi connectivity index (χ4n) is 16.4. The molecule has 6 saturated heterocycles. The van der Waals surface area contributed by atoms with Gasteiger partial charge < -0.3 is 34.4 Å². The van der Waals surface area contributed by atoms with Gasteiger partial charge >= 0.3 is 17.8 Å². The van der Waals surface area contributed by atoms with Gasteiger partial charge in [0.25, 0.3) is 0 Å². The summed E-state index contributed by atoms with van der Waals surface area (Å²) in [5.41, 5.74) is 1.91. The lowest BCUT2D eigenvalue weighted by Gasteiger charge is -2.47. The van der Waals surface area contributed by atoms with Crippen LogP contribution in [0.15, 0.2) is 53.5 Å². The minimum atomic E-state index is -1.01. The Kier molecular flexibility index (Phi) is 14.7. The third-order valence-electron chi connectivity index (χ3n) is 21.2. The van der Waals surface area contributed by atoms with Crippen LogP contribution in [0.25, 0.3) is 44.0 Å². The molecule has 3 aromatic carbocycles. The van der Waals surface area contributed by atoms with E-state index in [0.29, 0.717) is 89.2 Å². The van der Waals surface area contributed by atoms with Gasteiger partial charge in [0.1, 0.15) is 46.8 Å². The predicted octanol–water partition coefficient (Wildman–Crippen LogP) is 9.14. The maximum absolute atomic E-state index is 17.4. The number of aromatic hydroxyl groups is 1. The number of nitrogens with one attached hydrogen (secondary N) is 1. The van der Waals surface area contributed by atoms with E-state index >= 15 is 8.78 Å². The van der Waals surface area contributed by atoms with Gasteiger partial charge in [0.15, 0.2) is 5.82 Å². The Labute approximate surface area is 487 Å². The zero-order chi connectivity index (χ0) is 58.3. The van der Waals surface area contributed by atoms with Crippen molar-refractivity contribution in [3.63, 3.8) is 0 Å². The second kappa shape index (κ2) is 21.9.